The molecule has 2 rings (SSSR count). The van der Waals surface area contributed by atoms with Crippen LogP contribution in [0.15, 0.2) is 30.3 Å². The Bertz CT molecular complexity index is 644. The zero-order chi connectivity index (χ0) is 15.5. The van der Waals surface area contributed by atoms with Crippen molar-refractivity contribution < 1.29 is 14.3 Å². The van der Waals surface area contributed by atoms with Gasteiger partial charge in [0.25, 0.3) is 0 Å². The Hall–Kier alpha value is -2.10. The van der Waals surface area contributed by atoms with E-state index in [1.165, 1.54) is 0 Å². The third kappa shape index (κ3) is 4.45. The van der Waals surface area contributed by atoms with Crippen molar-refractivity contribution in [3.8, 4) is 5.75 Å². The summed E-state index contributed by atoms with van der Waals surface area (Å²) in [5, 5.41) is 1.02. The van der Waals surface area contributed by atoms with Gasteiger partial charge in [-0.15, -0.1) is 0 Å². The van der Waals surface area contributed by atoms with Crippen LogP contribution in [-0.2, 0) is 9.53 Å². The molecule has 0 aliphatic heterocycles. The smallest absolute Gasteiger partial charge is 0.309 e. The maximum absolute atomic E-state index is 11.6. The molecule has 21 heavy (non-hydrogen) atoms. The number of para-hydroxylation sites is 1. The predicted octanol–water partition coefficient (Wildman–Crippen LogP) is 3.65. The van der Waals surface area contributed by atoms with E-state index in [1.54, 1.807) is 0 Å². The first-order valence-electron chi connectivity index (χ1n) is 7.06. The highest BCUT2D eigenvalue weighted by atomic mass is 16.6. The second-order valence-electron chi connectivity index (χ2n) is 5.97. The minimum absolute atomic E-state index is 0.222. The van der Waals surface area contributed by atoms with Crippen molar-refractivity contribution in [1.29, 1.82) is 0 Å². The molecule has 0 radical (unpaired) electrons. The molecule has 0 saturated carbocycles. The molecule has 112 valence electrons. The number of aromatic nitrogens is 1. The largest absolute Gasteiger partial charge is 0.491 e. The average Bonchev–Trinajstić information content (AvgIpc) is 2.37. The maximum Gasteiger partial charge on any atom is 0.309 e. The third-order valence-corrected chi connectivity index (χ3v) is 2.81. The van der Waals surface area contributed by atoms with Crippen LogP contribution in [0.3, 0.4) is 0 Å². The molecule has 1 heterocycles. The predicted molar refractivity (Wildman–Crippen MR) is 82.4 cm³/mol. The number of aryl methyl sites for hydroxylation is 1. The molecule has 4 nitrogen and oxygen atoms in total. The van der Waals surface area contributed by atoms with Crippen molar-refractivity contribution in [2.24, 2.45) is 0 Å². The summed E-state index contributed by atoms with van der Waals surface area (Å²) in [6, 6.07) is 9.75. The van der Waals surface area contributed by atoms with E-state index in [1.807, 2.05) is 58.0 Å². The SMILES string of the molecule is Cc1ccc2cccc(OCCC(=O)OC(C)(C)C)c2n1. The summed E-state index contributed by atoms with van der Waals surface area (Å²) in [6.07, 6.45) is 0.222. The van der Waals surface area contributed by atoms with Gasteiger partial charge in [0.1, 0.15) is 16.9 Å². The van der Waals surface area contributed by atoms with Gasteiger partial charge in [0.2, 0.25) is 0 Å². The fourth-order valence-corrected chi connectivity index (χ4v) is 1.97. The Morgan fingerprint density at radius 2 is 1.95 bits per heavy atom. The quantitative estimate of drug-likeness (QED) is 0.805. The lowest BCUT2D eigenvalue weighted by molar-refractivity contribution is -0.155. The Kier molecular flexibility index (Phi) is 4.46. The molecule has 0 aliphatic carbocycles. The number of carbonyl (C=O) groups is 1. The summed E-state index contributed by atoms with van der Waals surface area (Å²) in [7, 11) is 0. The van der Waals surface area contributed by atoms with Gasteiger partial charge in [-0.1, -0.05) is 18.2 Å². The number of nitrogens with zero attached hydrogens (tertiary/aromatic N) is 1. The molecule has 0 aliphatic rings. The van der Waals surface area contributed by atoms with Crippen molar-refractivity contribution in [3.63, 3.8) is 0 Å². The number of hydrogen-bond donors (Lipinski definition) is 0. The van der Waals surface area contributed by atoms with E-state index in [0.717, 1.165) is 16.6 Å². The summed E-state index contributed by atoms with van der Waals surface area (Å²) < 4.78 is 10.9. The van der Waals surface area contributed by atoms with Crippen LogP contribution in [-0.4, -0.2) is 23.2 Å². The Morgan fingerprint density at radius 1 is 1.19 bits per heavy atom. The van der Waals surface area contributed by atoms with E-state index in [-0.39, 0.29) is 19.0 Å². The molecular weight excluding hydrogens is 266 g/mol. The number of esters is 1. The van der Waals surface area contributed by atoms with Crippen LogP contribution in [0.25, 0.3) is 10.9 Å². The van der Waals surface area contributed by atoms with Crippen molar-refractivity contribution >= 4 is 16.9 Å². The van der Waals surface area contributed by atoms with Crippen LogP contribution in [0, 0.1) is 6.92 Å². The van der Waals surface area contributed by atoms with E-state index in [0.29, 0.717) is 5.75 Å². The third-order valence-electron chi connectivity index (χ3n) is 2.81. The molecule has 0 atom stereocenters. The summed E-state index contributed by atoms with van der Waals surface area (Å²) in [5.74, 6) is 0.437. The second-order valence-corrected chi connectivity index (χ2v) is 5.97. The normalized spacial score (nSPS) is 11.4. The van der Waals surface area contributed by atoms with Crippen molar-refractivity contribution in [2.75, 3.05) is 6.61 Å². The minimum atomic E-state index is -0.463. The molecule has 1 aromatic heterocycles. The zero-order valence-corrected chi connectivity index (χ0v) is 13.0. The van der Waals surface area contributed by atoms with Gasteiger partial charge in [0.05, 0.1) is 13.0 Å². The Morgan fingerprint density at radius 3 is 2.67 bits per heavy atom. The fourth-order valence-electron chi connectivity index (χ4n) is 1.97. The molecule has 0 amide bonds. The number of hydrogen-bond acceptors (Lipinski definition) is 4. The molecule has 0 saturated heterocycles. The Labute approximate surface area is 125 Å². The zero-order valence-electron chi connectivity index (χ0n) is 13.0. The highest BCUT2D eigenvalue weighted by molar-refractivity contribution is 5.84. The Balaban J connectivity index is 2.01. The summed E-state index contributed by atoms with van der Waals surface area (Å²) in [5.41, 5.74) is 1.29. The van der Waals surface area contributed by atoms with Crippen molar-refractivity contribution in [3.05, 3.63) is 36.0 Å². The molecule has 0 fully saturated rings. The number of carbonyl (C=O) groups excluding carboxylic acids is 1. The topological polar surface area (TPSA) is 48.4 Å². The number of pyridine rings is 1. The number of rotatable bonds is 4. The van der Waals surface area contributed by atoms with Crippen LogP contribution in [0.4, 0.5) is 0 Å². The highest BCUT2D eigenvalue weighted by Crippen LogP contribution is 2.24. The van der Waals surface area contributed by atoms with Gasteiger partial charge in [0, 0.05) is 11.1 Å². The molecule has 0 unspecified atom stereocenters. The lowest BCUT2D eigenvalue weighted by Gasteiger charge is -2.19. The molecule has 2 aromatic rings. The van der Waals surface area contributed by atoms with E-state index in [4.69, 9.17) is 9.47 Å². The lowest BCUT2D eigenvalue weighted by atomic mass is 10.2. The molecule has 0 spiro atoms. The van der Waals surface area contributed by atoms with Crippen LogP contribution in [0.5, 0.6) is 5.75 Å². The van der Waals surface area contributed by atoms with Gasteiger partial charge < -0.3 is 9.47 Å². The van der Waals surface area contributed by atoms with Crippen LogP contribution in [0.1, 0.15) is 32.9 Å². The van der Waals surface area contributed by atoms with E-state index in [9.17, 15) is 4.79 Å². The summed E-state index contributed by atoms with van der Waals surface area (Å²) in [4.78, 5) is 16.1. The van der Waals surface area contributed by atoms with Crippen LogP contribution in [0.2, 0.25) is 0 Å². The fraction of sp³-hybridized carbons (Fsp3) is 0.412. The van der Waals surface area contributed by atoms with Crippen molar-refractivity contribution in [1.82, 2.24) is 4.98 Å². The van der Waals surface area contributed by atoms with Gasteiger partial charge in [-0.25, -0.2) is 4.98 Å². The monoisotopic (exact) mass is 287 g/mol. The first-order valence-corrected chi connectivity index (χ1v) is 7.06. The standard InChI is InChI=1S/C17H21NO3/c1-12-8-9-13-6-5-7-14(16(13)18-12)20-11-10-15(19)21-17(2,3)4/h5-9H,10-11H2,1-4H3. The molecule has 0 bridgehead atoms. The van der Waals surface area contributed by atoms with Gasteiger partial charge in [-0.05, 0) is 39.8 Å². The maximum atomic E-state index is 11.6. The molecule has 1 aromatic carbocycles. The highest BCUT2D eigenvalue weighted by Gasteiger charge is 2.16. The van der Waals surface area contributed by atoms with Gasteiger partial charge in [-0.2, -0.15) is 0 Å². The second kappa shape index (κ2) is 6.12. The van der Waals surface area contributed by atoms with Gasteiger partial charge in [0.15, 0.2) is 0 Å². The van der Waals surface area contributed by atoms with Gasteiger partial charge >= 0.3 is 5.97 Å². The first-order chi connectivity index (χ1) is 9.85. The number of benzene rings is 1. The van der Waals surface area contributed by atoms with E-state index >= 15 is 0 Å². The average molecular weight is 287 g/mol. The molecule has 0 N–H and O–H groups in total. The minimum Gasteiger partial charge on any atom is -0.491 e. The first kappa shape index (κ1) is 15.3. The van der Waals surface area contributed by atoms with Gasteiger partial charge in [-0.3, -0.25) is 4.79 Å². The van der Waals surface area contributed by atoms with E-state index < -0.39 is 5.60 Å². The van der Waals surface area contributed by atoms with Crippen LogP contribution >= 0.6 is 0 Å². The molecular formula is C17H21NO3. The summed E-state index contributed by atoms with van der Waals surface area (Å²) >= 11 is 0. The van der Waals surface area contributed by atoms with E-state index in [2.05, 4.69) is 4.98 Å². The number of fused-ring (bicyclic) bond motifs is 1. The lowest BCUT2D eigenvalue weighted by Crippen LogP contribution is -2.24. The number of ether oxygens (including phenoxy) is 2. The van der Waals surface area contributed by atoms with Crippen molar-refractivity contribution in [2.45, 2.75) is 39.7 Å². The van der Waals surface area contributed by atoms with Crippen LogP contribution < -0.4 is 4.74 Å². The molecule has 4 heteroatoms. The summed E-state index contributed by atoms with van der Waals surface area (Å²) in [6.45, 7) is 7.77.